The predicted molar refractivity (Wildman–Crippen MR) is 127 cm³/mol. The molecule has 0 aliphatic carbocycles. The third kappa shape index (κ3) is 3.89. The van der Waals surface area contributed by atoms with E-state index < -0.39 is 10.0 Å². The number of rotatable bonds is 5. The van der Waals surface area contributed by atoms with Crippen molar-refractivity contribution in [3.63, 3.8) is 0 Å². The van der Waals surface area contributed by atoms with Gasteiger partial charge in [-0.1, -0.05) is 23.5 Å². The summed E-state index contributed by atoms with van der Waals surface area (Å²) < 4.78 is 32.7. The third-order valence-corrected chi connectivity index (χ3v) is 8.34. The van der Waals surface area contributed by atoms with Crippen LogP contribution in [0.5, 0.6) is 0 Å². The highest BCUT2D eigenvalue weighted by atomic mass is 32.2. The van der Waals surface area contributed by atoms with Gasteiger partial charge in [-0.3, -0.25) is 14.0 Å². The smallest absolute Gasteiger partial charge is 0.260 e. The number of para-hydroxylation sites is 1. The van der Waals surface area contributed by atoms with Gasteiger partial charge in [-0.25, -0.2) is 13.4 Å². The summed E-state index contributed by atoms with van der Waals surface area (Å²) in [7, 11) is -3.37. The van der Waals surface area contributed by atoms with Crippen molar-refractivity contribution in [3.8, 4) is 0 Å². The lowest BCUT2D eigenvalue weighted by Gasteiger charge is -2.24. The molecule has 2 atom stereocenters. The summed E-state index contributed by atoms with van der Waals surface area (Å²) in [5, 5.41) is 0.651. The summed E-state index contributed by atoms with van der Waals surface area (Å²) in [4.78, 5) is 20.1. The van der Waals surface area contributed by atoms with Crippen LogP contribution in [0.4, 0.5) is 10.8 Å². The molecule has 1 saturated heterocycles. The number of carbonyl (C=O) groups excluding carboxylic acids is 1. The minimum atomic E-state index is -3.37. The Labute approximate surface area is 191 Å². The number of fused-ring (bicyclic) bond motifs is 2. The second kappa shape index (κ2) is 8.13. The molecule has 9 heteroatoms. The van der Waals surface area contributed by atoms with E-state index in [0.717, 1.165) is 28.6 Å². The van der Waals surface area contributed by atoms with Gasteiger partial charge in [0.1, 0.15) is 0 Å². The maximum Gasteiger partial charge on any atom is 0.260 e. The number of hydrogen-bond donors (Lipinski definition) is 0. The zero-order valence-corrected chi connectivity index (χ0v) is 19.7. The Hall–Kier alpha value is -2.49. The lowest BCUT2D eigenvalue weighted by Crippen LogP contribution is -2.37. The predicted octanol–water partition coefficient (Wildman–Crippen LogP) is 3.83. The Morgan fingerprint density at radius 3 is 2.81 bits per heavy atom. The van der Waals surface area contributed by atoms with E-state index in [-0.39, 0.29) is 18.1 Å². The summed E-state index contributed by atoms with van der Waals surface area (Å²) in [6.45, 7) is 3.04. The van der Waals surface area contributed by atoms with Crippen LogP contribution in [-0.4, -0.2) is 50.9 Å². The summed E-state index contributed by atoms with van der Waals surface area (Å²) in [6, 6.07) is 13.0. The second-order valence-corrected chi connectivity index (χ2v) is 11.3. The van der Waals surface area contributed by atoms with Crippen LogP contribution in [0.1, 0.15) is 35.7 Å². The standard InChI is InChI=1S/C23H25N3O4S2/c1-15-12-17-13-16(9-10-20(17)26(15)32(2,28)29)22(27)25(14-18-6-5-11-30-18)23-24-19-7-3-4-8-21(19)31-23/h3-4,7-10,13,15,18H,5-6,11-12,14H2,1-2H3/t15-,18-/m0/s1. The zero-order valence-electron chi connectivity index (χ0n) is 18.0. The molecule has 2 aliphatic heterocycles. The topological polar surface area (TPSA) is 79.8 Å². The van der Waals surface area contributed by atoms with E-state index in [4.69, 9.17) is 9.72 Å². The minimum Gasteiger partial charge on any atom is -0.376 e. The average molecular weight is 472 g/mol. The highest BCUT2D eigenvalue weighted by molar-refractivity contribution is 7.92. The SMILES string of the molecule is C[C@H]1Cc2cc(C(=O)N(C[C@@H]3CCCO3)c3nc4ccccc4s3)ccc2N1S(C)(=O)=O. The van der Waals surface area contributed by atoms with Crippen molar-refractivity contribution in [3.05, 3.63) is 53.6 Å². The van der Waals surface area contributed by atoms with E-state index in [0.29, 0.717) is 36.0 Å². The van der Waals surface area contributed by atoms with E-state index in [1.807, 2.05) is 37.3 Å². The molecule has 1 aromatic heterocycles. The molecule has 2 aliphatic rings. The molecule has 0 unspecified atom stereocenters. The second-order valence-electron chi connectivity index (χ2n) is 8.47. The number of aromatic nitrogens is 1. The van der Waals surface area contributed by atoms with Gasteiger partial charge in [-0.15, -0.1) is 0 Å². The van der Waals surface area contributed by atoms with Crippen molar-refractivity contribution in [2.24, 2.45) is 0 Å². The fourth-order valence-corrected chi connectivity index (χ4v) is 6.85. The molecule has 0 radical (unpaired) electrons. The van der Waals surface area contributed by atoms with Crippen LogP contribution >= 0.6 is 11.3 Å². The van der Waals surface area contributed by atoms with E-state index in [2.05, 4.69) is 0 Å². The molecule has 0 spiro atoms. The van der Waals surface area contributed by atoms with Crippen molar-refractivity contribution in [1.82, 2.24) is 4.98 Å². The van der Waals surface area contributed by atoms with Crippen molar-refractivity contribution >= 4 is 48.3 Å². The lowest BCUT2D eigenvalue weighted by molar-refractivity contribution is 0.0917. The van der Waals surface area contributed by atoms with Crippen LogP contribution in [0.2, 0.25) is 0 Å². The fraction of sp³-hybridized carbons (Fsp3) is 0.391. The van der Waals surface area contributed by atoms with Crippen LogP contribution in [0.3, 0.4) is 0 Å². The van der Waals surface area contributed by atoms with Gasteiger partial charge in [-0.05, 0) is 62.1 Å². The van der Waals surface area contributed by atoms with Crippen LogP contribution < -0.4 is 9.21 Å². The molecule has 5 rings (SSSR count). The Morgan fingerprint density at radius 1 is 1.28 bits per heavy atom. The Morgan fingerprint density at radius 2 is 2.09 bits per heavy atom. The third-order valence-electron chi connectivity index (χ3n) is 6.01. The molecule has 7 nitrogen and oxygen atoms in total. The van der Waals surface area contributed by atoms with Gasteiger partial charge in [0.15, 0.2) is 5.13 Å². The minimum absolute atomic E-state index is 0.0128. The number of anilines is 2. The Kier molecular flexibility index (Phi) is 5.43. The van der Waals surface area contributed by atoms with E-state index in [1.165, 1.54) is 21.9 Å². The molecular formula is C23H25N3O4S2. The summed E-state index contributed by atoms with van der Waals surface area (Å²) in [5.74, 6) is -0.146. The molecule has 1 fully saturated rings. The molecule has 0 saturated carbocycles. The first-order valence-electron chi connectivity index (χ1n) is 10.7. The lowest BCUT2D eigenvalue weighted by atomic mass is 10.1. The molecule has 2 aromatic carbocycles. The number of ether oxygens (including phenoxy) is 1. The Balaban J connectivity index is 1.51. The van der Waals surface area contributed by atoms with Gasteiger partial charge in [0.25, 0.3) is 5.91 Å². The van der Waals surface area contributed by atoms with Crippen molar-refractivity contribution in [2.45, 2.75) is 38.3 Å². The molecule has 0 bridgehead atoms. The van der Waals surface area contributed by atoms with Crippen molar-refractivity contribution in [1.29, 1.82) is 0 Å². The molecule has 32 heavy (non-hydrogen) atoms. The van der Waals surface area contributed by atoms with Gasteiger partial charge >= 0.3 is 0 Å². The molecule has 3 aromatic rings. The number of carbonyl (C=O) groups is 1. The first-order chi connectivity index (χ1) is 15.3. The monoisotopic (exact) mass is 471 g/mol. The number of benzene rings is 2. The number of hydrogen-bond acceptors (Lipinski definition) is 6. The normalized spacial score (nSPS) is 20.6. The maximum atomic E-state index is 13.7. The van der Waals surface area contributed by atoms with Gasteiger partial charge in [0.2, 0.25) is 10.0 Å². The Bertz CT molecular complexity index is 1250. The first kappa shape index (κ1) is 21.4. The summed E-state index contributed by atoms with van der Waals surface area (Å²) >= 11 is 1.49. The van der Waals surface area contributed by atoms with Crippen molar-refractivity contribution < 1.29 is 17.9 Å². The molecule has 168 valence electrons. The van der Waals surface area contributed by atoms with E-state index in [9.17, 15) is 13.2 Å². The summed E-state index contributed by atoms with van der Waals surface area (Å²) in [5.41, 5.74) is 2.92. The van der Waals surface area contributed by atoms with Crippen LogP contribution in [0.25, 0.3) is 10.2 Å². The first-order valence-corrected chi connectivity index (χ1v) is 13.4. The van der Waals surface area contributed by atoms with E-state index in [1.54, 1.807) is 17.0 Å². The largest absolute Gasteiger partial charge is 0.376 e. The van der Waals surface area contributed by atoms with Gasteiger partial charge in [0, 0.05) is 18.2 Å². The van der Waals surface area contributed by atoms with Gasteiger partial charge in [-0.2, -0.15) is 0 Å². The van der Waals surface area contributed by atoms with Gasteiger partial charge < -0.3 is 4.74 Å². The fourth-order valence-electron chi connectivity index (χ4n) is 4.61. The zero-order chi connectivity index (χ0) is 22.5. The number of amides is 1. The molecule has 3 heterocycles. The highest BCUT2D eigenvalue weighted by Gasteiger charge is 2.34. The van der Waals surface area contributed by atoms with Crippen molar-refractivity contribution in [2.75, 3.05) is 28.6 Å². The highest BCUT2D eigenvalue weighted by Crippen LogP contribution is 2.36. The molecular weight excluding hydrogens is 446 g/mol. The van der Waals surface area contributed by atoms with Gasteiger partial charge in [0.05, 0.1) is 34.8 Å². The molecule has 0 N–H and O–H groups in total. The molecule has 1 amide bonds. The van der Waals surface area contributed by atoms with Crippen LogP contribution in [-0.2, 0) is 21.2 Å². The van der Waals surface area contributed by atoms with E-state index >= 15 is 0 Å². The number of thiazole rings is 1. The average Bonchev–Trinajstić information content (AvgIpc) is 3.47. The van der Waals surface area contributed by atoms with Crippen LogP contribution in [0, 0.1) is 0 Å². The van der Waals surface area contributed by atoms with Crippen LogP contribution in [0.15, 0.2) is 42.5 Å². The quantitative estimate of drug-likeness (QED) is 0.565. The number of sulfonamides is 1. The number of nitrogens with zero attached hydrogens (tertiary/aromatic N) is 3. The maximum absolute atomic E-state index is 13.7. The summed E-state index contributed by atoms with van der Waals surface area (Å²) in [6.07, 6.45) is 3.69.